The minimum atomic E-state index is 0.00645. The van der Waals surface area contributed by atoms with Crippen LogP contribution >= 0.6 is 11.6 Å². The van der Waals surface area contributed by atoms with Crippen LogP contribution in [-0.2, 0) is 10.2 Å². The number of rotatable bonds is 1. The quantitative estimate of drug-likeness (QED) is 0.721. The largest absolute Gasteiger partial charge is 0.381 e. The summed E-state index contributed by atoms with van der Waals surface area (Å²) in [6, 6.07) is 1.87. The molecule has 0 aromatic carbocycles. The molecule has 1 aliphatic rings. The van der Waals surface area contributed by atoms with E-state index < -0.39 is 0 Å². The summed E-state index contributed by atoms with van der Waals surface area (Å²) >= 11 is 6.09. The maximum atomic E-state index is 6.09. The molecule has 0 radical (unpaired) electrons. The monoisotopic (exact) mass is 254 g/mol. The van der Waals surface area contributed by atoms with E-state index in [0.29, 0.717) is 11.1 Å². The van der Waals surface area contributed by atoms with Crippen molar-refractivity contribution < 1.29 is 4.74 Å². The third-order valence-electron chi connectivity index (χ3n) is 3.07. The smallest absolute Gasteiger partial charge is 0.133 e. The van der Waals surface area contributed by atoms with Crippen molar-refractivity contribution in [2.45, 2.75) is 44.9 Å². The van der Waals surface area contributed by atoms with Crippen molar-refractivity contribution in [3.63, 3.8) is 0 Å². The molecule has 0 atom stereocenters. The molecule has 2 rings (SSSR count). The zero-order valence-corrected chi connectivity index (χ0v) is 11.4. The van der Waals surface area contributed by atoms with Gasteiger partial charge in [-0.3, -0.25) is 0 Å². The summed E-state index contributed by atoms with van der Waals surface area (Å²) in [6.45, 7) is 8.01. The molecule has 1 aliphatic heterocycles. The Labute approximate surface area is 108 Å². The lowest BCUT2D eigenvalue weighted by Crippen LogP contribution is -2.20. The second-order valence-corrected chi connectivity index (χ2v) is 5.96. The molecule has 1 aromatic rings. The van der Waals surface area contributed by atoms with E-state index >= 15 is 0 Å². The highest BCUT2D eigenvalue weighted by molar-refractivity contribution is 6.29. The summed E-state index contributed by atoms with van der Waals surface area (Å²) < 4.78 is 5.36. The molecule has 0 amide bonds. The maximum absolute atomic E-state index is 6.09. The van der Waals surface area contributed by atoms with Crippen LogP contribution < -0.4 is 0 Å². The van der Waals surface area contributed by atoms with Crippen LogP contribution in [0.1, 0.15) is 51.0 Å². The van der Waals surface area contributed by atoms with Crippen molar-refractivity contribution in [1.29, 1.82) is 0 Å². The van der Waals surface area contributed by atoms with Gasteiger partial charge in [0.15, 0.2) is 0 Å². The van der Waals surface area contributed by atoms with Crippen LogP contribution in [0.25, 0.3) is 0 Å². The van der Waals surface area contributed by atoms with Crippen molar-refractivity contribution in [3.8, 4) is 0 Å². The van der Waals surface area contributed by atoms with Crippen molar-refractivity contribution >= 4 is 11.6 Å². The lowest BCUT2D eigenvalue weighted by atomic mass is 9.91. The van der Waals surface area contributed by atoms with Gasteiger partial charge in [-0.05, 0) is 18.9 Å². The predicted octanol–water partition coefficient (Wildman–Crippen LogP) is 3.32. The number of aromatic nitrogens is 2. The molecule has 0 N–H and O–H groups in total. The molecule has 1 aromatic heterocycles. The predicted molar refractivity (Wildman–Crippen MR) is 68.5 cm³/mol. The normalized spacial score (nSPS) is 18.4. The van der Waals surface area contributed by atoms with Crippen LogP contribution in [-0.4, -0.2) is 23.2 Å². The van der Waals surface area contributed by atoms with E-state index in [2.05, 4.69) is 30.7 Å². The summed E-state index contributed by atoms with van der Waals surface area (Å²) in [5.41, 5.74) is 1.02. The molecule has 0 saturated carbocycles. The van der Waals surface area contributed by atoms with Crippen LogP contribution in [0.3, 0.4) is 0 Å². The molecule has 0 spiro atoms. The average Bonchev–Trinajstić information content (AvgIpc) is 2.28. The Hall–Kier alpha value is -0.670. The molecule has 94 valence electrons. The summed E-state index contributed by atoms with van der Waals surface area (Å²) in [6.07, 6.45) is 1.98. The number of halogens is 1. The second-order valence-electron chi connectivity index (χ2n) is 5.57. The molecule has 1 fully saturated rings. The van der Waals surface area contributed by atoms with Gasteiger partial charge in [-0.15, -0.1) is 0 Å². The fraction of sp³-hybridized carbons (Fsp3) is 0.692. The van der Waals surface area contributed by atoms with Crippen LogP contribution in [0, 0.1) is 0 Å². The summed E-state index contributed by atoms with van der Waals surface area (Å²) in [5, 5.41) is 0.548. The third kappa shape index (κ3) is 3.17. The molecule has 0 unspecified atom stereocenters. The standard InChI is InChI=1S/C13H19ClN2O/c1-13(2,3)10-8-11(14)16-12(15-10)9-4-6-17-7-5-9/h8-9H,4-7H2,1-3H3. The van der Waals surface area contributed by atoms with Crippen molar-refractivity contribution in [2.24, 2.45) is 0 Å². The van der Waals surface area contributed by atoms with Crippen molar-refractivity contribution in [2.75, 3.05) is 13.2 Å². The molecule has 4 heteroatoms. The Morgan fingerprint density at radius 2 is 1.88 bits per heavy atom. The molecule has 3 nitrogen and oxygen atoms in total. The highest BCUT2D eigenvalue weighted by atomic mass is 35.5. The van der Waals surface area contributed by atoms with Crippen LogP contribution in [0.2, 0.25) is 5.15 Å². The van der Waals surface area contributed by atoms with Gasteiger partial charge in [0.05, 0.1) is 5.69 Å². The first-order valence-corrected chi connectivity index (χ1v) is 6.47. The van der Waals surface area contributed by atoms with Crippen LogP contribution in [0.4, 0.5) is 0 Å². The summed E-state index contributed by atoms with van der Waals surface area (Å²) in [7, 11) is 0. The van der Waals surface area contributed by atoms with Gasteiger partial charge in [0.2, 0.25) is 0 Å². The van der Waals surface area contributed by atoms with E-state index in [-0.39, 0.29) is 5.41 Å². The van der Waals surface area contributed by atoms with E-state index in [1.54, 1.807) is 0 Å². The highest BCUT2D eigenvalue weighted by Gasteiger charge is 2.23. The Bertz CT molecular complexity index is 395. The van der Waals surface area contributed by atoms with E-state index in [1.165, 1.54) is 0 Å². The lowest BCUT2D eigenvalue weighted by molar-refractivity contribution is 0.0835. The third-order valence-corrected chi connectivity index (χ3v) is 3.26. The molecule has 1 saturated heterocycles. The first-order chi connectivity index (χ1) is 7.97. The zero-order valence-electron chi connectivity index (χ0n) is 10.7. The minimum absolute atomic E-state index is 0.00645. The van der Waals surface area contributed by atoms with Gasteiger partial charge >= 0.3 is 0 Å². The molecular formula is C13H19ClN2O. The Balaban J connectivity index is 2.31. The first kappa shape index (κ1) is 12.8. The molecule has 0 aliphatic carbocycles. The van der Waals surface area contributed by atoms with Crippen molar-refractivity contribution in [1.82, 2.24) is 9.97 Å². The molecule has 2 heterocycles. The minimum Gasteiger partial charge on any atom is -0.381 e. The first-order valence-electron chi connectivity index (χ1n) is 6.09. The van der Waals surface area contributed by atoms with Gasteiger partial charge in [0.1, 0.15) is 11.0 Å². The topological polar surface area (TPSA) is 35.0 Å². The van der Waals surface area contributed by atoms with Gasteiger partial charge in [0.25, 0.3) is 0 Å². The highest BCUT2D eigenvalue weighted by Crippen LogP contribution is 2.28. The Kier molecular flexibility index (Phi) is 3.69. The van der Waals surface area contributed by atoms with Gasteiger partial charge < -0.3 is 4.74 Å². The fourth-order valence-corrected chi connectivity index (χ4v) is 2.15. The van der Waals surface area contributed by atoms with Crippen molar-refractivity contribution in [3.05, 3.63) is 22.7 Å². The maximum Gasteiger partial charge on any atom is 0.133 e. The van der Waals surface area contributed by atoms with E-state index in [0.717, 1.165) is 37.6 Å². The summed E-state index contributed by atoms with van der Waals surface area (Å²) in [5.74, 6) is 1.27. The van der Waals surface area contributed by atoms with Crippen LogP contribution in [0.15, 0.2) is 6.07 Å². The number of nitrogens with zero attached hydrogens (tertiary/aromatic N) is 2. The van der Waals surface area contributed by atoms with E-state index in [4.69, 9.17) is 16.3 Å². The van der Waals surface area contributed by atoms with Gasteiger partial charge in [-0.2, -0.15) is 0 Å². The zero-order chi connectivity index (χ0) is 12.5. The molecular weight excluding hydrogens is 236 g/mol. The van der Waals surface area contributed by atoms with Crippen LogP contribution in [0.5, 0.6) is 0 Å². The molecule has 17 heavy (non-hydrogen) atoms. The van der Waals surface area contributed by atoms with Gasteiger partial charge in [-0.1, -0.05) is 32.4 Å². The number of ether oxygens (including phenoxy) is 1. The Morgan fingerprint density at radius 1 is 1.24 bits per heavy atom. The number of hydrogen-bond acceptors (Lipinski definition) is 3. The summed E-state index contributed by atoms with van der Waals surface area (Å²) in [4.78, 5) is 9.05. The Morgan fingerprint density at radius 3 is 2.47 bits per heavy atom. The second kappa shape index (κ2) is 4.91. The SMILES string of the molecule is CC(C)(C)c1cc(Cl)nc(C2CCOCC2)n1. The van der Waals surface area contributed by atoms with E-state index in [9.17, 15) is 0 Å². The molecule has 0 bridgehead atoms. The average molecular weight is 255 g/mol. The van der Waals surface area contributed by atoms with Gasteiger partial charge in [-0.25, -0.2) is 9.97 Å². The van der Waals surface area contributed by atoms with E-state index in [1.807, 2.05) is 6.07 Å². The van der Waals surface area contributed by atoms with Gasteiger partial charge in [0, 0.05) is 24.5 Å². The fourth-order valence-electron chi connectivity index (χ4n) is 1.96. The number of hydrogen-bond donors (Lipinski definition) is 0. The lowest BCUT2D eigenvalue weighted by Gasteiger charge is -2.23.